The highest BCUT2D eigenvalue weighted by atomic mass is 35.5. The summed E-state index contributed by atoms with van der Waals surface area (Å²) in [6.45, 7) is 0.891. The van der Waals surface area contributed by atoms with Crippen LogP contribution in [0.4, 0.5) is 5.00 Å². The van der Waals surface area contributed by atoms with Gasteiger partial charge in [0, 0.05) is 28.2 Å². The molecule has 1 aliphatic rings. The van der Waals surface area contributed by atoms with Crippen LogP contribution in [0.15, 0.2) is 83.9 Å². The number of ether oxygens (including phenoxy) is 1. The molecule has 0 fully saturated rings. The Morgan fingerprint density at radius 1 is 1.00 bits per heavy atom. The quantitative estimate of drug-likeness (QED) is 0.247. The highest BCUT2D eigenvalue weighted by Gasteiger charge is 2.25. The first-order valence-corrected chi connectivity index (χ1v) is 13.3. The Labute approximate surface area is 220 Å². The van der Waals surface area contributed by atoms with Crippen molar-refractivity contribution in [3.63, 3.8) is 0 Å². The number of nitrogens with one attached hydrogen (secondary N) is 1. The van der Waals surface area contributed by atoms with Crippen LogP contribution in [-0.2, 0) is 26.0 Å². The minimum absolute atomic E-state index is 0.0535. The third kappa shape index (κ3) is 5.86. The number of hydrogen-bond acceptors (Lipinski definition) is 4. The van der Waals surface area contributed by atoms with Gasteiger partial charge in [0.2, 0.25) is 0 Å². The molecule has 1 amide bonds. The number of carbonyl (C=O) groups is 1. The first kappa shape index (κ1) is 24.3. The van der Waals surface area contributed by atoms with E-state index in [4.69, 9.17) is 21.3 Å². The van der Waals surface area contributed by atoms with Gasteiger partial charge in [-0.25, -0.2) is 4.99 Å². The van der Waals surface area contributed by atoms with Crippen molar-refractivity contribution >= 4 is 40.1 Å². The molecular weight excluding hydrogens is 488 g/mol. The van der Waals surface area contributed by atoms with Crippen molar-refractivity contribution in [2.75, 3.05) is 0 Å². The van der Waals surface area contributed by atoms with Crippen LogP contribution in [0.3, 0.4) is 0 Å². The zero-order valence-corrected chi connectivity index (χ0v) is 21.4. The SMILES string of the molecule is O=C(NCc1ccccc1)c1c(N=Cc2cccc(OCc3ccccc3Cl)c2)sc2c1CCCC2. The van der Waals surface area contributed by atoms with E-state index in [0.717, 1.165) is 58.7 Å². The molecule has 4 nitrogen and oxygen atoms in total. The highest BCUT2D eigenvalue weighted by molar-refractivity contribution is 7.16. The third-order valence-corrected chi connectivity index (χ3v) is 7.79. The van der Waals surface area contributed by atoms with E-state index in [0.29, 0.717) is 18.2 Å². The minimum atomic E-state index is -0.0535. The van der Waals surface area contributed by atoms with Crippen LogP contribution in [0.5, 0.6) is 5.75 Å². The maximum absolute atomic E-state index is 13.3. The van der Waals surface area contributed by atoms with Crippen LogP contribution in [0.1, 0.15) is 50.3 Å². The van der Waals surface area contributed by atoms with Crippen LogP contribution in [0.2, 0.25) is 5.02 Å². The highest BCUT2D eigenvalue weighted by Crippen LogP contribution is 2.40. The molecule has 3 aromatic carbocycles. The van der Waals surface area contributed by atoms with Crippen molar-refractivity contribution in [3.8, 4) is 5.75 Å². The van der Waals surface area contributed by atoms with Gasteiger partial charge in [0.1, 0.15) is 17.4 Å². The van der Waals surface area contributed by atoms with Crippen LogP contribution >= 0.6 is 22.9 Å². The van der Waals surface area contributed by atoms with Crippen LogP contribution < -0.4 is 10.1 Å². The Morgan fingerprint density at radius 2 is 1.81 bits per heavy atom. The Kier molecular flexibility index (Phi) is 7.79. The van der Waals surface area contributed by atoms with Crippen molar-refractivity contribution in [1.82, 2.24) is 5.32 Å². The number of carbonyl (C=O) groups excluding carboxylic acids is 1. The number of aryl methyl sites for hydroxylation is 1. The second-order valence-electron chi connectivity index (χ2n) is 8.77. The fraction of sp³-hybridized carbons (Fsp3) is 0.200. The van der Waals surface area contributed by atoms with E-state index in [2.05, 4.69) is 5.32 Å². The second-order valence-corrected chi connectivity index (χ2v) is 10.3. The summed E-state index contributed by atoms with van der Waals surface area (Å²) in [5, 5.41) is 4.56. The molecule has 182 valence electrons. The van der Waals surface area contributed by atoms with Gasteiger partial charge in [0.15, 0.2) is 0 Å². The molecule has 0 spiro atoms. The summed E-state index contributed by atoms with van der Waals surface area (Å²) in [6.07, 6.45) is 6.03. The maximum Gasteiger partial charge on any atom is 0.254 e. The Balaban J connectivity index is 1.33. The molecule has 1 heterocycles. The van der Waals surface area contributed by atoms with Crippen LogP contribution in [0, 0.1) is 0 Å². The van der Waals surface area contributed by atoms with Gasteiger partial charge in [0.05, 0.1) is 5.56 Å². The number of nitrogens with zero attached hydrogens (tertiary/aromatic N) is 1. The summed E-state index contributed by atoms with van der Waals surface area (Å²) in [4.78, 5) is 19.3. The topological polar surface area (TPSA) is 50.7 Å². The lowest BCUT2D eigenvalue weighted by Gasteiger charge is -2.12. The molecule has 36 heavy (non-hydrogen) atoms. The molecule has 0 unspecified atom stereocenters. The van der Waals surface area contributed by atoms with Crippen LogP contribution in [0.25, 0.3) is 0 Å². The Bertz CT molecular complexity index is 1380. The predicted octanol–water partition coefficient (Wildman–Crippen LogP) is 7.54. The van der Waals surface area contributed by atoms with E-state index in [1.807, 2.05) is 85.1 Å². The molecule has 1 N–H and O–H groups in total. The van der Waals surface area contributed by atoms with E-state index in [1.165, 1.54) is 10.4 Å². The van der Waals surface area contributed by atoms with E-state index >= 15 is 0 Å². The summed E-state index contributed by atoms with van der Waals surface area (Å²) >= 11 is 7.89. The fourth-order valence-corrected chi connectivity index (χ4v) is 5.76. The predicted molar refractivity (Wildman–Crippen MR) is 148 cm³/mol. The number of benzene rings is 3. The van der Waals surface area contributed by atoms with Gasteiger partial charge in [-0.1, -0.05) is 72.3 Å². The van der Waals surface area contributed by atoms with Gasteiger partial charge < -0.3 is 10.1 Å². The minimum Gasteiger partial charge on any atom is -0.489 e. The molecule has 6 heteroatoms. The van der Waals surface area contributed by atoms with Gasteiger partial charge >= 0.3 is 0 Å². The third-order valence-electron chi connectivity index (χ3n) is 6.22. The zero-order chi connectivity index (χ0) is 24.7. The maximum atomic E-state index is 13.3. The van der Waals surface area contributed by atoms with Gasteiger partial charge in [0.25, 0.3) is 5.91 Å². The van der Waals surface area contributed by atoms with Crippen molar-refractivity contribution in [1.29, 1.82) is 0 Å². The lowest BCUT2D eigenvalue weighted by Crippen LogP contribution is -2.24. The molecule has 0 radical (unpaired) electrons. The Morgan fingerprint density at radius 3 is 2.67 bits per heavy atom. The monoisotopic (exact) mass is 514 g/mol. The largest absolute Gasteiger partial charge is 0.489 e. The van der Waals surface area contributed by atoms with Crippen molar-refractivity contribution in [2.24, 2.45) is 4.99 Å². The summed E-state index contributed by atoms with van der Waals surface area (Å²) in [6, 6.07) is 25.4. The average molecular weight is 515 g/mol. The molecule has 0 aliphatic heterocycles. The first-order chi connectivity index (χ1) is 17.7. The fourth-order valence-electron chi connectivity index (χ4n) is 4.34. The van der Waals surface area contributed by atoms with Gasteiger partial charge in [-0.2, -0.15) is 0 Å². The van der Waals surface area contributed by atoms with E-state index in [-0.39, 0.29) is 5.91 Å². The van der Waals surface area contributed by atoms with Crippen molar-refractivity contribution in [2.45, 2.75) is 38.8 Å². The summed E-state index contributed by atoms with van der Waals surface area (Å²) in [5.74, 6) is 0.687. The number of hydrogen-bond donors (Lipinski definition) is 1. The molecule has 1 aliphatic carbocycles. The summed E-state index contributed by atoms with van der Waals surface area (Å²) in [5.41, 5.74) is 4.82. The summed E-state index contributed by atoms with van der Waals surface area (Å²) < 4.78 is 5.96. The van der Waals surface area contributed by atoms with E-state index in [9.17, 15) is 4.79 Å². The molecule has 4 aromatic rings. The lowest BCUT2D eigenvalue weighted by molar-refractivity contribution is 0.0951. The molecule has 0 bridgehead atoms. The smallest absolute Gasteiger partial charge is 0.254 e. The van der Waals surface area contributed by atoms with E-state index < -0.39 is 0 Å². The van der Waals surface area contributed by atoms with Gasteiger partial charge in [-0.05, 0) is 60.6 Å². The number of aliphatic imine (C=N–C) groups is 1. The van der Waals surface area contributed by atoms with Crippen LogP contribution in [-0.4, -0.2) is 12.1 Å². The second kappa shape index (κ2) is 11.5. The number of rotatable bonds is 8. The standard InChI is InChI=1S/C30H27ClN2O2S/c31-26-15-6-4-12-23(26)20-35-24-13-8-11-22(17-24)19-33-30-28(25-14-5-7-16-27(25)36-30)29(34)32-18-21-9-2-1-3-10-21/h1-4,6,8-13,15,17,19H,5,7,14,16,18,20H2,(H,32,34). The van der Waals surface area contributed by atoms with E-state index in [1.54, 1.807) is 11.3 Å². The first-order valence-electron chi connectivity index (χ1n) is 12.1. The molecule has 0 saturated heterocycles. The normalized spacial score (nSPS) is 12.9. The number of fused-ring (bicyclic) bond motifs is 1. The number of thiophene rings is 1. The molecule has 0 atom stereocenters. The molecule has 5 rings (SSSR count). The molecular formula is C30H27ClN2O2S. The molecule has 0 saturated carbocycles. The lowest BCUT2D eigenvalue weighted by atomic mass is 9.95. The zero-order valence-electron chi connectivity index (χ0n) is 19.9. The average Bonchev–Trinajstić information content (AvgIpc) is 3.29. The van der Waals surface area contributed by atoms with Crippen molar-refractivity contribution < 1.29 is 9.53 Å². The number of amides is 1. The Hall–Kier alpha value is -3.41. The van der Waals surface area contributed by atoms with Crippen molar-refractivity contribution in [3.05, 3.63) is 117 Å². The van der Waals surface area contributed by atoms with Gasteiger partial charge in [-0.15, -0.1) is 11.3 Å². The number of halogens is 1. The summed E-state index contributed by atoms with van der Waals surface area (Å²) in [7, 11) is 0. The molecule has 1 aromatic heterocycles. The van der Waals surface area contributed by atoms with Gasteiger partial charge in [-0.3, -0.25) is 4.79 Å².